The summed E-state index contributed by atoms with van der Waals surface area (Å²) in [6.07, 6.45) is 1.58. The summed E-state index contributed by atoms with van der Waals surface area (Å²) in [4.78, 5) is 23.4. The molecule has 0 saturated carbocycles. The van der Waals surface area contributed by atoms with E-state index in [4.69, 9.17) is 10.5 Å². The van der Waals surface area contributed by atoms with Crippen molar-refractivity contribution in [1.29, 1.82) is 0 Å². The molecule has 1 aromatic carbocycles. The van der Waals surface area contributed by atoms with Gasteiger partial charge in [-0.25, -0.2) is 9.97 Å². The quantitative estimate of drug-likeness (QED) is 0.913. The van der Waals surface area contributed by atoms with E-state index in [9.17, 15) is 4.79 Å². The SMILES string of the molecule is COc1ccc2c(c1)[C@@H](C)N(C(=O)c1cc(CC(C)C)nc(N)n1)CC2. The minimum Gasteiger partial charge on any atom is -0.497 e. The normalized spacial score (nSPS) is 16.5. The Morgan fingerprint density at radius 3 is 2.81 bits per heavy atom. The van der Waals surface area contributed by atoms with E-state index in [1.807, 2.05) is 24.0 Å². The first kappa shape index (κ1) is 18.2. The smallest absolute Gasteiger partial charge is 0.273 e. The Kier molecular flexibility index (Phi) is 5.11. The first-order chi connectivity index (χ1) is 12.4. The van der Waals surface area contributed by atoms with Gasteiger partial charge in [-0.05, 0) is 55.0 Å². The van der Waals surface area contributed by atoms with Gasteiger partial charge in [0.05, 0.1) is 13.2 Å². The van der Waals surface area contributed by atoms with Crippen molar-refractivity contribution >= 4 is 11.9 Å². The predicted octanol–water partition coefficient (Wildman–Crippen LogP) is 3.03. The maximum absolute atomic E-state index is 13.1. The molecule has 1 aliphatic rings. The van der Waals surface area contributed by atoms with Crippen LogP contribution in [0.2, 0.25) is 0 Å². The zero-order valence-electron chi connectivity index (χ0n) is 15.8. The van der Waals surface area contributed by atoms with Crippen LogP contribution >= 0.6 is 0 Å². The number of fused-ring (bicyclic) bond motifs is 1. The fourth-order valence-electron chi connectivity index (χ4n) is 3.49. The van der Waals surface area contributed by atoms with Crippen molar-refractivity contribution in [3.05, 3.63) is 46.8 Å². The van der Waals surface area contributed by atoms with Gasteiger partial charge in [-0.3, -0.25) is 4.79 Å². The maximum atomic E-state index is 13.1. The number of hydrogen-bond acceptors (Lipinski definition) is 5. The van der Waals surface area contributed by atoms with Gasteiger partial charge in [0, 0.05) is 12.2 Å². The van der Waals surface area contributed by atoms with Gasteiger partial charge in [-0.1, -0.05) is 19.9 Å². The van der Waals surface area contributed by atoms with Crippen LogP contribution in [-0.2, 0) is 12.8 Å². The second-order valence-corrected chi connectivity index (χ2v) is 7.19. The highest BCUT2D eigenvalue weighted by atomic mass is 16.5. The number of benzene rings is 1. The van der Waals surface area contributed by atoms with Gasteiger partial charge >= 0.3 is 0 Å². The number of nitrogen functional groups attached to an aromatic ring is 1. The Hall–Kier alpha value is -2.63. The number of nitrogens with two attached hydrogens (primary N) is 1. The van der Waals surface area contributed by atoms with Crippen molar-refractivity contribution in [3.8, 4) is 5.75 Å². The fourth-order valence-corrected chi connectivity index (χ4v) is 3.49. The summed E-state index contributed by atoms with van der Waals surface area (Å²) in [5.74, 6) is 1.28. The van der Waals surface area contributed by atoms with Gasteiger partial charge < -0.3 is 15.4 Å². The second-order valence-electron chi connectivity index (χ2n) is 7.19. The van der Waals surface area contributed by atoms with Gasteiger partial charge in [0.25, 0.3) is 5.91 Å². The number of hydrogen-bond donors (Lipinski definition) is 1. The van der Waals surface area contributed by atoms with Gasteiger partial charge in [0.2, 0.25) is 5.95 Å². The van der Waals surface area contributed by atoms with Crippen LogP contribution in [0, 0.1) is 5.92 Å². The summed E-state index contributed by atoms with van der Waals surface area (Å²) in [6.45, 7) is 6.91. The van der Waals surface area contributed by atoms with E-state index in [1.54, 1.807) is 13.2 Å². The highest BCUT2D eigenvalue weighted by Crippen LogP contribution is 2.33. The number of aromatic nitrogens is 2. The standard InChI is InChI=1S/C20H26N4O2/c1-12(2)9-15-10-18(23-20(21)22-15)19(25)24-8-7-14-5-6-16(26-4)11-17(14)13(24)3/h5-6,10-13H,7-9H2,1-4H3,(H2,21,22,23)/t13-/m1/s1. The molecule has 3 rings (SSSR count). The highest BCUT2D eigenvalue weighted by Gasteiger charge is 2.29. The van der Waals surface area contributed by atoms with Crippen molar-refractivity contribution in [3.63, 3.8) is 0 Å². The summed E-state index contributed by atoms with van der Waals surface area (Å²) in [6, 6.07) is 7.78. The van der Waals surface area contributed by atoms with Gasteiger partial charge in [0.1, 0.15) is 11.4 Å². The van der Waals surface area contributed by atoms with Crippen LogP contribution in [0.4, 0.5) is 5.95 Å². The minimum absolute atomic E-state index is 0.0499. The molecule has 0 bridgehead atoms. The number of carbonyl (C=O) groups excluding carboxylic acids is 1. The van der Waals surface area contributed by atoms with Crippen LogP contribution in [0.15, 0.2) is 24.3 Å². The molecule has 0 fully saturated rings. The van der Waals surface area contributed by atoms with E-state index in [0.717, 1.165) is 29.8 Å². The number of methoxy groups -OCH3 is 1. The Bertz CT molecular complexity index is 819. The number of ether oxygens (including phenoxy) is 1. The molecule has 26 heavy (non-hydrogen) atoms. The van der Waals surface area contributed by atoms with E-state index in [1.165, 1.54) is 5.56 Å². The number of anilines is 1. The number of carbonyl (C=O) groups is 1. The van der Waals surface area contributed by atoms with Crippen molar-refractivity contribution in [2.45, 2.75) is 39.7 Å². The molecule has 0 unspecified atom stereocenters. The Labute approximate surface area is 154 Å². The van der Waals surface area contributed by atoms with Crippen molar-refractivity contribution in [1.82, 2.24) is 14.9 Å². The fraction of sp³-hybridized carbons (Fsp3) is 0.450. The second kappa shape index (κ2) is 7.32. The van der Waals surface area contributed by atoms with E-state index in [-0.39, 0.29) is 17.9 Å². The third kappa shape index (κ3) is 3.64. The van der Waals surface area contributed by atoms with E-state index in [2.05, 4.69) is 29.9 Å². The summed E-state index contributed by atoms with van der Waals surface area (Å²) >= 11 is 0. The zero-order chi connectivity index (χ0) is 18.8. The van der Waals surface area contributed by atoms with Crippen molar-refractivity contribution in [2.75, 3.05) is 19.4 Å². The molecule has 2 heterocycles. The number of amides is 1. The third-order valence-electron chi connectivity index (χ3n) is 4.79. The molecule has 6 heteroatoms. The molecule has 1 amide bonds. The van der Waals surface area contributed by atoms with Gasteiger partial charge in [-0.15, -0.1) is 0 Å². The minimum atomic E-state index is -0.106. The molecular weight excluding hydrogens is 328 g/mol. The average molecular weight is 354 g/mol. The lowest BCUT2D eigenvalue weighted by Crippen LogP contribution is -2.39. The molecule has 6 nitrogen and oxygen atoms in total. The Morgan fingerprint density at radius 1 is 1.35 bits per heavy atom. The number of nitrogens with zero attached hydrogens (tertiary/aromatic N) is 3. The van der Waals surface area contributed by atoms with E-state index in [0.29, 0.717) is 18.2 Å². The predicted molar refractivity (Wildman–Crippen MR) is 101 cm³/mol. The van der Waals surface area contributed by atoms with Crippen molar-refractivity contribution in [2.24, 2.45) is 5.92 Å². The molecule has 1 aliphatic heterocycles. The molecule has 1 atom stereocenters. The van der Waals surface area contributed by atoms with Crippen LogP contribution in [0.3, 0.4) is 0 Å². The molecule has 0 saturated heterocycles. The average Bonchev–Trinajstić information content (AvgIpc) is 2.60. The molecule has 2 N–H and O–H groups in total. The van der Waals surface area contributed by atoms with Gasteiger partial charge in [0.15, 0.2) is 0 Å². The van der Waals surface area contributed by atoms with Crippen molar-refractivity contribution < 1.29 is 9.53 Å². The molecule has 0 spiro atoms. The molecule has 1 aromatic heterocycles. The van der Waals surface area contributed by atoms with Crippen LogP contribution < -0.4 is 10.5 Å². The third-order valence-corrected chi connectivity index (χ3v) is 4.79. The molecular formula is C20H26N4O2. The molecule has 0 aliphatic carbocycles. The zero-order valence-corrected chi connectivity index (χ0v) is 15.8. The molecule has 138 valence electrons. The molecule has 2 aromatic rings. The first-order valence-electron chi connectivity index (χ1n) is 9.00. The summed E-state index contributed by atoms with van der Waals surface area (Å²) in [5.41, 5.74) is 9.39. The first-order valence-corrected chi connectivity index (χ1v) is 9.00. The topological polar surface area (TPSA) is 81.3 Å². The monoisotopic (exact) mass is 354 g/mol. The Balaban J connectivity index is 1.89. The lowest BCUT2D eigenvalue weighted by Gasteiger charge is -2.35. The van der Waals surface area contributed by atoms with E-state index >= 15 is 0 Å². The van der Waals surface area contributed by atoms with Crippen LogP contribution in [0.1, 0.15) is 54.1 Å². The van der Waals surface area contributed by atoms with Gasteiger partial charge in [-0.2, -0.15) is 0 Å². The summed E-state index contributed by atoms with van der Waals surface area (Å²) in [5, 5.41) is 0. The Morgan fingerprint density at radius 2 is 2.12 bits per heavy atom. The lowest BCUT2D eigenvalue weighted by molar-refractivity contribution is 0.0671. The molecule has 0 radical (unpaired) electrons. The lowest BCUT2D eigenvalue weighted by atomic mass is 9.93. The van der Waals surface area contributed by atoms with E-state index < -0.39 is 0 Å². The largest absolute Gasteiger partial charge is 0.497 e. The highest BCUT2D eigenvalue weighted by molar-refractivity contribution is 5.93. The maximum Gasteiger partial charge on any atom is 0.273 e. The van der Waals surface area contributed by atoms with Crippen LogP contribution in [0.25, 0.3) is 0 Å². The summed E-state index contributed by atoms with van der Waals surface area (Å²) in [7, 11) is 1.65. The van der Waals surface area contributed by atoms with Crippen LogP contribution in [-0.4, -0.2) is 34.4 Å². The summed E-state index contributed by atoms with van der Waals surface area (Å²) < 4.78 is 5.34. The number of rotatable bonds is 4. The van der Waals surface area contributed by atoms with Crippen LogP contribution in [0.5, 0.6) is 5.75 Å².